The molecule has 2 rings (SSSR count). The molecule has 0 spiro atoms. The summed E-state index contributed by atoms with van der Waals surface area (Å²) in [5.74, 6) is -6.53. The largest absolute Gasteiger partial charge is 0.449 e. The third kappa shape index (κ3) is 3.83. The highest BCUT2D eigenvalue weighted by Crippen LogP contribution is 2.20. The van der Waals surface area contributed by atoms with Crippen LogP contribution in [-0.2, 0) is 9.53 Å². The van der Waals surface area contributed by atoms with Gasteiger partial charge in [0.2, 0.25) is 0 Å². The van der Waals surface area contributed by atoms with Crippen LogP contribution in [0.2, 0.25) is 5.15 Å². The number of aromatic nitrogens is 1. The molecular formula is C15H10ClF3N2O3. The van der Waals surface area contributed by atoms with Gasteiger partial charge in [-0.2, -0.15) is 0 Å². The summed E-state index contributed by atoms with van der Waals surface area (Å²) in [7, 11) is 0. The van der Waals surface area contributed by atoms with Gasteiger partial charge in [0, 0.05) is 6.20 Å². The number of carbonyl (C=O) groups is 2. The Balaban J connectivity index is 2.07. The first kappa shape index (κ1) is 17.7. The van der Waals surface area contributed by atoms with E-state index >= 15 is 0 Å². The van der Waals surface area contributed by atoms with Gasteiger partial charge in [0.25, 0.3) is 5.91 Å². The first-order valence-corrected chi connectivity index (χ1v) is 6.95. The van der Waals surface area contributed by atoms with Crippen molar-refractivity contribution in [1.29, 1.82) is 0 Å². The number of rotatable bonds is 4. The van der Waals surface area contributed by atoms with E-state index in [2.05, 4.69) is 4.98 Å². The lowest BCUT2D eigenvalue weighted by Gasteiger charge is -2.14. The van der Waals surface area contributed by atoms with Crippen LogP contribution in [0.4, 0.5) is 18.9 Å². The smallest absolute Gasteiger partial charge is 0.342 e. The van der Waals surface area contributed by atoms with E-state index in [1.54, 1.807) is 0 Å². The Bertz CT molecular complexity index is 802. The fraction of sp³-hybridized carbons (Fsp3) is 0.133. The van der Waals surface area contributed by atoms with E-state index in [1.165, 1.54) is 25.3 Å². The Morgan fingerprint density at radius 1 is 1.21 bits per heavy atom. The molecule has 1 atom stereocenters. The number of benzene rings is 1. The molecule has 0 saturated carbocycles. The van der Waals surface area contributed by atoms with E-state index in [0.29, 0.717) is 6.07 Å². The number of hydrogen-bond donors (Lipinski definition) is 1. The van der Waals surface area contributed by atoms with Gasteiger partial charge in [-0.1, -0.05) is 11.6 Å². The number of ether oxygens (including phenoxy) is 1. The van der Waals surface area contributed by atoms with E-state index in [-0.39, 0.29) is 10.7 Å². The SMILES string of the molecule is C[C@@H](OC(=O)c1cccnc1Cl)C(=O)Nc1ccc(F)c(F)c1F. The van der Waals surface area contributed by atoms with Crippen LogP contribution in [0.3, 0.4) is 0 Å². The Morgan fingerprint density at radius 3 is 2.58 bits per heavy atom. The maximum absolute atomic E-state index is 13.5. The van der Waals surface area contributed by atoms with Crippen molar-refractivity contribution in [3.8, 4) is 0 Å². The average molecular weight is 359 g/mol. The predicted molar refractivity (Wildman–Crippen MR) is 79.1 cm³/mol. The molecule has 0 radical (unpaired) electrons. The fourth-order valence-electron chi connectivity index (χ4n) is 1.67. The quantitative estimate of drug-likeness (QED) is 0.517. The number of esters is 1. The number of carbonyl (C=O) groups excluding carboxylic acids is 2. The first-order valence-electron chi connectivity index (χ1n) is 6.57. The zero-order chi connectivity index (χ0) is 17.9. The normalized spacial score (nSPS) is 11.7. The monoisotopic (exact) mass is 358 g/mol. The van der Waals surface area contributed by atoms with Crippen LogP contribution in [0.15, 0.2) is 30.5 Å². The number of amides is 1. The van der Waals surface area contributed by atoms with Crippen LogP contribution >= 0.6 is 11.6 Å². The van der Waals surface area contributed by atoms with Gasteiger partial charge in [-0.3, -0.25) is 4.79 Å². The van der Waals surface area contributed by atoms with Gasteiger partial charge in [-0.05, 0) is 31.2 Å². The number of nitrogens with one attached hydrogen (secondary N) is 1. The third-order valence-corrected chi connectivity index (χ3v) is 3.23. The van der Waals surface area contributed by atoms with Gasteiger partial charge in [0.15, 0.2) is 23.6 Å². The van der Waals surface area contributed by atoms with Crippen LogP contribution < -0.4 is 5.32 Å². The summed E-state index contributed by atoms with van der Waals surface area (Å²) >= 11 is 5.73. The summed E-state index contributed by atoms with van der Waals surface area (Å²) in [5.41, 5.74) is -0.640. The van der Waals surface area contributed by atoms with E-state index in [9.17, 15) is 22.8 Å². The van der Waals surface area contributed by atoms with Crippen molar-refractivity contribution >= 4 is 29.2 Å². The highest BCUT2D eigenvalue weighted by atomic mass is 35.5. The molecule has 1 N–H and O–H groups in total. The lowest BCUT2D eigenvalue weighted by Crippen LogP contribution is -2.30. The van der Waals surface area contributed by atoms with Crippen LogP contribution in [0.25, 0.3) is 0 Å². The molecule has 1 heterocycles. The van der Waals surface area contributed by atoms with Gasteiger partial charge in [0.1, 0.15) is 5.15 Å². The van der Waals surface area contributed by atoms with Crippen LogP contribution in [0, 0.1) is 17.5 Å². The first-order chi connectivity index (χ1) is 11.3. The molecule has 1 aromatic heterocycles. The van der Waals surface area contributed by atoms with Gasteiger partial charge in [-0.15, -0.1) is 0 Å². The summed E-state index contributed by atoms with van der Waals surface area (Å²) in [6.07, 6.45) is 0.0162. The molecule has 0 aliphatic carbocycles. The summed E-state index contributed by atoms with van der Waals surface area (Å²) in [4.78, 5) is 27.5. The Kier molecular flexibility index (Phi) is 5.40. The van der Waals surface area contributed by atoms with Gasteiger partial charge in [0.05, 0.1) is 11.3 Å². The molecule has 0 aliphatic heterocycles. The summed E-state index contributed by atoms with van der Waals surface area (Å²) < 4.78 is 44.3. The maximum Gasteiger partial charge on any atom is 0.342 e. The van der Waals surface area contributed by atoms with Crippen molar-refractivity contribution in [2.24, 2.45) is 0 Å². The minimum atomic E-state index is -1.72. The van der Waals surface area contributed by atoms with E-state index in [1.807, 2.05) is 5.32 Å². The van der Waals surface area contributed by atoms with Crippen LogP contribution in [-0.4, -0.2) is 23.0 Å². The molecule has 0 unspecified atom stereocenters. The minimum Gasteiger partial charge on any atom is -0.449 e. The molecule has 9 heteroatoms. The highest BCUT2D eigenvalue weighted by molar-refractivity contribution is 6.32. The second kappa shape index (κ2) is 7.31. The molecule has 0 aliphatic rings. The van der Waals surface area contributed by atoms with Crippen molar-refractivity contribution in [3.63, 3.8) is 0 Å². The van der Waals surface area contributed by atoms with Gasteiger partial charge in [-0.25, -0.2) is 22.9 Å². The fourth-order valence-corrected chi connectivity index (χ4v) is 1.87. The van der Waals surface area contributed by atoms with Crippen LogP contribution in [0.5, 0.6) is 0 Å². The van der Waals surface area contributed by atoms with E-state index < -0.39 is 41.1 Å². The van der Waals surface area contributed by atoms with Crippen molar-refractivity contribution in [2.45, 2.75) is 13.0 Å². The van der Waals surface area contributed by atoms with E-state index in [4.69, 9.17) is 16.3 Å². The molecule has 0 saturated heterocycles. The second-order valence-electron chi connectivity index (χ2n) is 4.60. The second-order valence-corrected chi connectivity index (χ2v) is 4.96. The highest BCUT2D eigenvalue weighted by Gasteiger charge is 2.23. The Labute approximate surface area is 139 Å². The topological polar surface area (TPSA) is 68.3 Å². The van der Waals surface area contributed by atoms with Crippen molar-refractivity contribution < 1.29 is 27.5 Å². The number of halogens is 4. The Morgan fingerprint density at radius 2 is 1.92 bits per heavy atom. The summed E-state index contributed by atoms with van der Waals surface area (Å²) in [6, 6.07) is 4.29. The van der Waals surface area contributed by atoms with Crippen LogP contribution in [0.1, 0.15) is 17.3 Å². The van der Waals surface area contributed by atoms with E-state index in [0.717, 1.165) is 6.07 Å². The van der Waals surface area contributed by atoms with Crippen molar-refractivity contribution in [3.05, 3.63) is 58.6 Å². The number of anilines is 1. The molecule has 2 aromatic rings. The number of hydrogen-bond acceptors (Lipinski definition) is 4. The number of pyridine rings is 1. The molecule has 0 bridgehead atoms. The van der Waals surface area contributed by atoms with Gasteiger partial charge >= 0.3 is 5.97 Å². The zero-order valence-corrected chi connectivity index (χ0v) is 12.9. The van der Waals surface area contributed by atoms with Crippen molar-refractivity contribution in [1.82, 2.24) is 4.98 Å². The Hall–Kier alpha value is -2.61. The standard InChI is InChI=1S/C15H10ClF3N2O3/c1-7(24-15(23)8-3-2-6-20-13(8)16)14(22)21-10-5-4-9(17)11(18)12(10)19/h2-7H,1H3,(H,21,22)/t7-/m1/s1. The molecule has 1 amide bonds. The van der Waals surface area contributed by atoms with Gasteiger partial charge < -0.3 is 10.1 Å². The maximum atomic E-state index is 13.5. The zero-order valence-electron chi connectivity index (χ0n) is 12.1. The molecule has 0 fully saturated rings. The third-order valence-electron chi connectivity index (χ3n) is 2.93. The molecular weight excluding hydrogens is 349 g/mol. The average Bonchev–Trinajstić information content (AvgIpc) is 2.55. The molecule has 126 valence electrons. The predicted octanol–water partition coefficient (Wildman–Crippen LogP) is 3.34. The molecule has 24 heavy (non-hydrogen) atoms. The number of nitrogens with zero attached hydrogens (tertiary/aromatic N) is 1. The summed E-state index contributed by atoms with van der Waals surface area (Å²) in [5, 5.41) is 1.89. The minimum absolute atomic E-state index is 0.0576. The lowest BCUT2D eigenvalue weighted by molar-refractivity contribution is -0.123. The molecule has 1 aromatic carbocycles. The molecule has 5 nitrogen and oxygen atoms in total. The summed E-state index contributed by atoms with van der Waals surface area (Å²) in [6.45, 7) is 1.22. The van der Waals surface area contributed by atoms with Crippen molar-refractivity contribution in [2.75, 3.05) is 5.32 Å². The lowest BCUT2D eigenvalue weighted by atomic mass is 10.2.